The fourth-order valence-corrected chi connectivity index (χ4v) is 4.12. The van der Waals surface area contributed by atoms with E-state index in [-0.39, 0.29) is 37.0 Å². The maximum absolute atomic E-state index is 6.60. The summed E-state index contributed by atoms with van der Waals surface area (Å²) in [5.74, 6) is 0. The van der Waals surface area contributed by atoms with E-state index >= 15 is 0 Å². The molecule has 4 rings (SSSR count). The number of benzene rings is 2. The number of rotatable bonds is 3. The maximum atomic E-state index is 6.60. The van der Waals surface area contributed by atoms with Crippen molar-refractivity contribution >= 4 is 35.4 Å². The van der Waals surface area contributed by atoms with Gasteiger partial charge in [0.1, 0.15) is 0 Å². The molecule has 2 aromatic carbocycles. The number of allylic oxidation sites excluding steroid dienone is 2. The predicted octanol–water partition coefficient (Wildman–Crippen LogP) is 6.52. The number of alkyl halides is 2. The summed E-state index contributed by atoms with van der Waals surface area (Å²) >= 11 is 13.2. The zero-order valence-electron chi connectivity index (χ0n) is 12.6. The Labute approximate surface area is 166 Å². The summed E-state index contributed by atoms with van der Waals surface area (Å²) < 4.78 is 0. The van der Waals surface area contributed by atoms with Crippen LogP contribution >= 0.6 is 23.2 Å². The molecule has 2 aliphatic carbocycles. The molecule has 0 N–H and O–H groups in total. The molecule has 0 radical (unpaired) electrons. The van der Waals surface area contributed by atoms with Crippen LogP contribution in [0.3, 0.4) is 0 Å². The summed E-state index contributed by atoms with van der Waals surface area (Å²) in [7, 11) is 0. The van der Waals surface area contributed by atoms with Gasteiger partial charge in [0.25, 0.3) is 0 Å². The van der Waals surface area contributed by atoms with Crippen LogP contribution in [0, 0.1) is 0 Å². The molecule has 0 fully saturated rings. The van der Waals surface area contributed by atoms with Crippen LogP contribution in [0.5, 0.6) is 0 Å². The fourth-order valence-electron chi connectivity index (χ4n) is 3.38. The van der Waals surface area contributed by atoms with Gasteiger partial charge in [0, 0.05) is 26.2 Å². The maximum Gasteiger partial charge on any atom is 0.0804 e. The van der Waals surface area contributed by atoms with E-state index in [1.165, 1.54) is 33.4 Å². The third kappa shape index (κ3) is 3.16. The molecule has 114 valence electrons. The molecule has 0 heterocycles. The molecule has 0 saturated heterocycles. The first-order valence-corrected chi connectivity index (χ1v) is 8.48. The Morgan fingerprint density at radius 3 is 1.43 bits per heavy atom. The van der Waals surface area contributed by atoms with Crippen molar-refractivity contribution in [2.45, 2.75) is 23.6 Å². The number of fused-ring (bicyclic) bond motifs is 2. The molecule has 23 heavy (non-hydrogen) atoms. The Balaban J connectivity index is 0.00000156. The summed E-state index contributed by atoms with van der Waals surface area (Å²) in [5, 5.41) is 0.0173. The average Bonchev–Trinajstić information content (AvgIpc) is 3.04. The molecule has 0 saturated carbocycles. The van der Waals surface area contributed by atoms with Crippen molar-refractivity contribution < 1.29 is 26.2 Å². The first-order chi connectivity index (χ1) is 10.7. The second kappa shape index (κ2) is 7.10. The minimum atomic E-state index is 0. The van der Waals surface area contributed by atoms with E-state index in [2.05, 4.69) is 60.7 Å². The van der Waals surface area contributed by atoms with Gasteiger partial charge in [-0.25, -0.2) is 0 Å². The Hall–Kier alpha value is -0.617. The summed E-state index contributed by atoms with van der Waals surface area (Å²) in [5.41, 5.74) is 7.55. The van der Waals surface area contributed by atoms with Crippen LogP contribution in [0.1, 0.15) is 45.8 Å². The molecule has 2 aromatic rings. The van der Waals surface area contributed by atoms with Crippen LogP contribution in [0.15, 0.2) is 59.7 Å². The molecule has 2 atom stereocenters. The number of hydrogen-bond acceptors (Lipinski definition) is 0. The fraction of sp³-hybridized carbons (Fsp3) is 0.200. The van der Waals surface area contributed by atoms with Gasteiger partial charge in [0.05, 0.1) is 10.8 Å². The van der Waals surface area contributed by atoms with Crippen molar-refractivity contribution in [2.24, 2.45) is 0 Å². The molecular formula is C20H16Cl2Zr. The van der Waals surface area contributed by atoms with E-state index in [4.69, 9.17) is 23.2 Å². The van der Waals surface area contributed by atoms with Crippen molar-refractivity contribution in [1.29, 1.82) is 0 Å². The van der Waals surface area contributed by atoms with Crippen molar-refractivity contribution in [2.75, 3.05) is 0 Å². The zero-order chi connectivity index (χ0) is 15.1. The molecule has 3 heteroatoms. The molecule has 0 aliphatic heterocycles. The van der Waals surface area contributed by atoms with E-state index in [0.29, 0.717) is 0 Å². The van der Waals surface area contributed by atoms with E-state index in [9.17, 15) is 0 Å². The summed E-state index contributed by atoms with van der Waals surface area (Å²) in [4.78, 5) is 0. The first-order valence-electron chi connectivity index (χ1n) is 7.61. The van der Waals surface area contributed by atoms with Gasteiger partial charge in [-0.3, -0.25) is 0 Å². The van der Waals surface area contributed by atoms with E-state index in [1.807, 2.05) is 0 Å². The van der Waals surface area contributed by atoms with Gasteiger partial charge in [-0.2, -0.15) is 0 Å². The molecule has 0 amide bonds. The van der Waals surface area contributed by atoms with Crippen LogP contribution < -0.4 is 0 Å². The van der Waals surface area contributed by atoms with Gasteiger partial charge in [0.2, 0.25) is 0 Å². The molecule has 0 spiro atoms. The van der Waals surface area contributed by atoms with Gasteiger partial charge >= 0.3 is 0 Å². The van der Waals surface area contributed by atoms with Crippen LogP contribution in [-0.4, -0.2) is 0 Å². The van der Waals surface area contributed by atoms with Gasteiger partial charge in [-0.05, 0) is 46.2 Å². The Kier molecular flexibility index (Phi) is 5.31. The van der Waals surface area contributed by atoms with Gasteiger partial charge in [0.15, 0.2) is 0 Å². The van der Waals surface area contributed by atoms with Gasteiger partial charge < -0.3 is 0 Å². The topological polar surface area (TPSA) is 0 Å². The summed E-state index contributed by atoms with van der Waals surface area (Å²) in [6.45, 7) is 0. The second-order valence-corrected chi connectivity index (χ2v) is 6.79. The standard InChI is InChI=1S/C20H16Cl2.Zr/c21-19-15(11-13-5-1-3-7-17(13)19)9-10-16-12-14-6-2-4-8-18(14)20(16)22;/h1-8,11-12,19-20H,9-10H2;. The monoisotopic (exact) mass is 416 g/mol. The SMILES string of the molecule is ClC1C(CCC2=Cc3ccccc3C2Cl)=Cc2ccccc21.[Zr]. The number of hydrogen-bond donors (Lipinski definition) is 0. The van der Waals surface area contributed by atoms with Crippen molar-refractivity contribution in [1.82, 2.24) is 0 Å². The minimum Gasteiger partial charge on any atom is -0.113 e. The summed E-state index contributed by atoms with van der Waals surface area (Å²) in [6.07, 6.45) is 6.40. The van der Waals surface area contributed by atoms with Crippen molar-refractivity contribution in [3.63, 3.8) is 0 Å². The molecule has 2 unspecified atom stereocenters. The Bertz CT molecular complexity index is 724. The quantitative estimate of drug-likeness (QED) is 0.498. The smallest absolute Gasteiger partial charge is 0.0804 e. The van der Waals surface area contributed by atoms with E-state index < -0.39 is 0 Å². The third-order valence-electron chi connectivity index (χ3n) is 4.57. The van der Waals surface area contributed by atoms with E-state index in [1.54, 1.807) is 0 Å². The third-order valence-corrected chi connectivity index (χ3v) is 5.60. The summed E-state index contributed by atoms with van der Waals surface area (Å²) in [6, 6.07) is 16.7. The van der Waals surface area contributed by atoms with Gasteiger partial charge in [-0.15, -0.1) is 23.2 Å². The van der Waals surface area contributed by atoms with Crippen LogP contribution in [-0.2, 0) is 26.2 Å². The largest absolute Gasteiger partial charge is 0.113 e. The number of halogens is 2. The minimum absolute atomic E-state index is 0. The predicted molar refractivity (Wildman–Crippen MR) is 95.3 cm³/mol. The van der Waals surface area contributed by atoms with Gasteiger partial charge in [-0.1, -0.05) is 60.7 Å². The first kappa shape index (κ1) is 17.2. The molecule has 0 aromatic heterocycles. The normalized spacial score (nSPS) is 21.1. The molecular weight excluding hydrogens is 402 g/mol. The van der Waals surface area contributed by atoms with Crippen molar-refractivity contribution in [3.05, 3.63) is 81.9 Å². The zero-order valence-corrected chi connectivity index (χ0v) is 16.6. The molecule has 2 aliphatic rings. The van der Waals surface area contributed by atoms with Crippen LogP contribution in [0.2, 0.25) is 0 Å². The average molecular weight is 418 g/mol. The van der Waals surface area contributed by atoms with Crippen LogP contribution in [0.4, 0.5) is 0 Å². The molecule has 0 bridgehead atoms. The second-order valence-electron chi connectivity index (χ2n) is 5.92. The Morgan fingerprint density at radius 1 is 0.652 bits per heavy atom. The van der Waals surface area contributed by atoms with E-state index in [0.717, 1.165) is 12.8 Å². The van der Waals surface area contributed by atoms with Crippen molar-refractivity contribution in [3.8, 4) is 0 Å². The van der Waals surface area contributed by atoms with Crippen LogP contribution in [0.25, 0.3) is 12.2 Å². The molecule has 0 nitrogen and oxygen atoms in total. The Morgan fingerprint density at radius 2 is 1.04 bits per heavy atom.